The first-order valence-corrected chi connectivity index (χ1v) is 6.43. The van der Waals surface area contributed by atoms with Crippen molar-refractivity contribution >= 4 is 22.8 Å². The van der Waals surface area contributed by atoms with Crippen LogP contribution in [0.2, 0.25) is 0 Å². The first-order chi connectivity index (χ1) is 9.49. The van der Waals surface area contributed by atoms with E-state index in [1.807, 2.05) is 13.8 Å². The highest BCUT2D eigenvalue weighted by atomic mass is 16.4. The third-order valence-electron chi connectivity index (χ3n) is 3.31. The van der Waals surface area contributed by atoms with Crippen molar-refractivity contribution in [1.82, 2.24) is 15.5 Å². The molecule has 6 nitrogen and oxygen atoms in total. The summed E-state index contributed by atoms with van der Waals surface area (Å²) < 4.78 is 0. The highest BCUT2D eigenvalue weighted by molar-refractivity contribution is 5.98. The molecule has 2 rings (SSSR count). The van der Waals surface area contributed by atoms with E-state index in [4.69, 9.17) is 5.11 Å². The summed E-state index contributed by atoms with van der Waals surface area (Å²) in [5.74, 6) is -1.80. The number of aromatic nitrogens is 2. The van der Waals surface area contributed by atoms with Crippen LogP contribution in [0.1, 0.15) is 24.2 Å². The van der Waals surface area contributed by atoms with Gasteiger partial charge in [0.15, 0.2) is 0 Å². The summed E-state index contributed by atoms with van der Waals surface area (Å²) in [6.07, 6.45) is 1.64. The van der Waals surface area contributed by atoms with Crippen molar-refractivity contribution < 1.29 is 14.7 Å². The van der Waals surface area contributed by atoms with E-state index < -0.39 is 11.9 Å². The third kappa shape index (κ3) is 2.96. The second-order valence-electron chi connectivity index (χ2n) is 5.07. The van der Waals surface area contributed by atoms with E-state index in [-0.39, 0.29) is 18.4 Å². The normalized spacial score (nSPS) is 12.6. The van der Waals surface area contributed by atoms with Crippen LogP contribution in [0.5, 0.6) is 0 Å². The van der Waals surface area contributed by atoms with Gasteiger partial charge in [0.2, 0.25) is 0 Å². The second kappa shape index (κ2) is 5.73. The third-order valence-corrected chi connectivity index (χ3v) is 3.31. The van der Waals surface area contributed by atoms with Gasteiger partial charge in [-0.2, -0.15) is 5.10 Å². The minimum atomic E-state index is -0.898. The number of H-pyrrole nitrogens is 1. The molecule has 1 aromatic carbocycles. The van der Waals surface area contributed by atoms with Crippen molar-refractivity contribution in [1.29, 1.82) is 0 Å². The zero-order valence-corrected chi connectivity index (χ0v) is 11.4. The van der Waals surface area contributed by atoms with Crippen LogP contribution >= 0.6 is 0 Å². The molecule has 1 amide bonds. The summed E-state index contributed by atoms with van der Waals surface area (Å²) in [4.78, 5) is 23.1. The molecule has 1 unspecified atom stereocenters. The van der Waals surface area contributed by atoms with Gasteiger partial charge in [-0.25, -0.2) is 0 Å². The molecule has 1 aromatic heterocycles. The molecule has 20 heavy (non-hydrogen) atoms. The van der Waals surface area contributed by atoms with E-state index >= 15 is 0 Å². The summed E-state index contributed by atoms with van der Waals surface area (Å²) in [5.41, 5.74) is 1.35. The molecule has 1 atom stereocenters. The van der Waals surface area contributed by atoms with Crippen LogP contribution in [0.4, 0.5) is 0 Å². The lowest BCUT2D eigenvalue weighted by molar-refractivity contribution is -0.142. The smallest absolute Gasteiger partial charge is 0.308 e. The lowest BCUT2D eigenvalue weighted by atomic mass is 9.96. The highest BCUT2D eigenvalue weighted by Crippen LogP contribution is 2.14. The lowest BCUT2D eigenvalue weighted by Crippen LogP contribution is -2.35. The van der Waals surface area contributed by atoms with Crippen molar-refractivity contribution in [2.75, 3.05) is 6.54 Å². The molecule has 0 spiro atoms. The molecule has 0 aliphatic heterocycles. The summed E-state index contributed by atoms with van der Waals surface area (Å²) in [5, 5.41) is 19.3. The quantitative estimate of drug-likeness (QED) is 0.773. The number of hydrogen-bond donors (Lipinski definition) is 3. The van der Waals surface area contributed by atoms with Crippen LogP contribution in [-0.4, -0.2) is 33.7 Å². The number of rotatable bonds is 5. The number of carbonyl (C=O) groups excluding carboxylic acids is 1. The van der Waals surface area contributed by atoms with Gasteiger partial charge in [0, 0.05) is 17.5 Å². The standard InChI is InChI=1S/C14H17N3O3/c1-8(2)11(14(19)20)7-15-13(18)9-3-4-12-10(5-9)6-16-17-12/h3-6,8,11H,7H2,1-2H3,(H,15,18)(H,16,17)(H,19,20). The van der Waals surface area contributed by atoms with Crippen molar-refractivity contribution in [3.63, 3.8) is 0 Å². The molecular weight excluding hydrogens is 258 g/mol. The maximum Gasteiger partial charge on any atom is 0.308 e. The Labute approximate surface area is 116 Å². The van der Waals surface area contributed by atoms with Crippen molar-refractivity contribution in [2.45, 2.75) is 13.8 Å². The van der Waals surface area contributed by atoms with Gasteiger partial charge in [-0.15, -0.1) is 0 Å². The van der Waals surface area contributed by atoms with Gasteiger partial charge in [0.1, 0.15) is 0 Å². The van der Waals surface area contributed by atoms with E-state index in [2.05, 4.69) is 15.5 Å². The lowest BCUT2D eigenvalue weighted by Gasteiger charge is -2.16. The van der Waals surface area contributed by atoms with Gasteiger partial charge in [0.25, 0.3) is 5.91 Å². The number of aromatic amines is 1. The second-order valence-corrected chi connectivity index (χ2v) is 5.07. The Morgan fingerprint density at radius 2 is 2.15 bits per heavy atom. The molecule has 0 radical (unpaired) electrons. The molecule has 2 aromatic rings. The molecule has 0 saturated carbocycles. The van der Waals surface area contributed by atoms with Gasteiger partial charge in [-0.3, -0.25) is 14.7 Å². The average molecular weight is 275 g/mol. The molecule has 0 aliphatic rings. The van der Waals surface area contributed by atoms with Gasteiger partial charge in [0.05, 0.1) is 17.6 Å². The number of carbonyl (C=O) groups is 2. The molecule has 6 heteroatoms. The number of carboxylic acid groups (broad SMARTS) is 1. The molecule has 0 fully saturated rings. The fourth-order valence-electron chi connectivity index (χ4n) is 2.00. The Morgan fingerprint density at radius 3 is 2.80 bits per heavy atom. The average Bonchev–Trinajstić information content (AvgIpc) is 2.84. The first-order valence-electron chi connectivity index (χ1n) is 6.43. The van der Waals surface area contributed by atoms with Crippen LogP contribution in [-0.2, 0) is 4.79 Å². The summed E-state index contributed by atoms with van der Waals surface area (Å²) >= 11 is 0. The van der Waals surface area contributed by atoms with E-state index in [0.29, 0.717) is 5.56 Å². The minimum absolute atomic E-state index is 0.0378. The van der Waals surface area contributed by atoms with E-state index in [0.717, 1.165) is 10.9 Å². The molecule has 1 heterocycles. The van der Waals surface area contributed by atoms with E-state index in [1.54, 1.807) is 24.4 Å². The molecule has 0 bridgehead atoms. The van der Waals surface area contributed by atoms with Crippen LogP contribution in [0.3, 0.4) is 0 Å². The fraction of sp³-hybridized carbons (Fsp3) is 0.357. The van der Waals surface area contributed by atoms with E-state index in [1.165, 1.54) is 0 Å². The zero-order valence-electron chi connectivity index (χ0n) is 11.4. The largest absolute Gasteiger partial charge is 0.481 e. The Kier molecular flexibility index (Phi) is 4.02. The molecule has 106 valence electrons. The Bertz CT molecular complexity index is 633. The number of hydrogen-bond acceptors (Lipinski definition) is 3. The predicted molar refractivity (Wildman–Crippen MR) is 74.4 cm³/mol. The van der Waals surface area contributed by atoms with Gasteiger partial charge >= 0.3 is 5.97 Å². The highest BCUT2D eigenvalue weighted by Gasteiger charge is 2.22. The summed E-state index contributed by atoms with van der Waals surface area (Å²) in [6, 6.07) is 5.18. The van der Waals surface area contributed by atoms with Gasteiger partial charge in [-0.1, -0.05) is 13.8 Å². The van der Waals surface area contributed by atoms with Gasteiger partial charge in [-0.05, 0) is 24.1 Å². The number of nitrogens with one attached hydrogen (secondary N) is 2. The first kappa shape index (κ1) is 14.0. The Hall–Kier alpha value is -2.37. The summed E-state index contributed by atoms with van der Waals surface area (Å²) in [7, 11) is 0. The number of nitrogens with zero attached hydrogens (tertiary/aromatic N) is 1. The van der Waals surface area contributed by atoms with E-state index in [9.17, 15) is 9.59 Å². The Morgan fingerprint density at radius 1 is 1.40 bits per heavy atom. The van der Waals surface area contributed by atoms with Gasteiger partial charge < -0.3 is 10.4 Å². The number of aliphatic carboxylic acids is 1. The topological polar surface area (TPSA) is 95.1 Å². The van der Waals surface area contributed by atoms with Crippen LogP contribution in [0.25, 0.3) is 10.9 Å². The maximum absolute atomic E-state index is 12.0. The van der Waals surface area contributed by atoms with Crippen LogP contribution in [0, 0.1) is 11.8 Å². The molecule has 3 N–H and O–H groups in total. The van der Waals surface area contributed by atoms with Crippen LogP contribution in [0.15, 0.2) is 24.4 Å². The summed E-state index contributed by atoms with van der Waals surface area (Å²) in [6.45, 7) is 3.76. The van der Waals surface area contributed by atoms with Crippen molar-refractivity contribution in [2.24, 2.45) is 11.8 Å². The molecular formula is C14H17N3O3. The molecule has 0 saturated heterocycles. The number of fused-ring (bicyclic) bond motifs is 1. The SMILES string of the molecule is CC(C)C(CNC(=O)c1ccc2[nH]ncc2c1)C(=O)O. The monoisotopic (exact) mass is 275 g/mol. The minimum Gasteiger partial charge on any atom is -0.481 e. The predicted octanol–water partition coefficient (Wildman–Crippen LogP) is 1.65. The number of amides is 1. The zero-order chi connectivity index (χ0) is 14.7. The maximum atomic E-state index is 12.0. The molecule has 0 aliphatic carbocycles. The van der Waals surface area contributed by atoms with Crippen LogP contribution < -0.4 is 5.32 Å². The Balaban J connectivity index is 2.05. The fourth-order valence-corrected chi connectivity index (χ4v) is 2.00. The number of benzene rings is 1. The number of carboxylic acids is 1. The van der Waals surface area contributed by atoms with Crippen molar-refractivity contribution in [3.05, 3.63) is 30.0 Å². The van der Waals surface area contributed by atoms with Crippen molar-refractivity contribution in [3.8, 4) is 0 Å².